The molecule has 5 atom stereocenters. The van der Waals surface area contributed by atoms with E-state index in [0.717, 1.165) is 12.8 Å². The van der Waals surface area contributed by atoms with Crippen LogP contribution in [0.15, 0.2) is 71.8 Å². The van der Waals surface area contributed by atoms with Gasteiger partial charge in [0.2, 0.25) is 0 Å². The predicted molar refractivity (Wildman–Crippen MR) is 166 cm³/mol. The molecular formula is C36H42O6. The molecule has 0 saturated heterocycles. The Kier molecular flexibility index (Phi) is 9.77. The summed E-state index contributed by atoms with van der Waals surface area (Å²) in [5.41, 5.74) is 3.93. The van der Waals surface area contributed by atoms with Crippen molar-refractivity contribution in [2.24, 2.45) is 35.5 Å². The van der Waals surface area contributed by atoms with Crippen molar-refractivity contribution >= 4 is 23.7 Å². The fraction of sp³-hybridized carbons (Fsp3) is 0.389. The smallest absolute Gasteiger partial charge is 0.167 e. The zero-order chi connectivity index (χ0) is 30.6. The molecule has 2 N–H and O–H groups in total. The Bertz CT molecular complexity index is 1370. The SMILES string of the molecule is COc1cc(C=CC(=O)C(C(=O)C=Cc2ccc(O)c(OC)c2)[C@H]2C=C(C)[C@H]3C[C@@H]2[C@@H](C)C[C@H]3C=C(C)C)ccc1O. The van der Waals surface area contributed by atoms with E-state index in [-0.39, 0.29) is 34.9 Å². The average molecular weight is 571 g/mol. The highest BCUT2D eigenvalue weighted by Gasteiger charge is 2.46. The summed E-state index contributed by atoms with van der Waals surface area (Å²) in [6.45, 7) is 8.66. The van der Waals surface area contributed by atoms with E-state index in [1.54, 1.807) is 36.4 Å². The van der Waals surface area contributed by atoms with Crippen LogP contribution in [0.1, 0.15) is 51.7 Å². The van der Waals surface area contributed by atoms with E-state index in [1.165, 1.54) is 49.7 Å². The molecule has 0 radical (unpaired) electrons. The van der Waals surface area contributed by atoms with Crippen molar-refractivity contribution in [3.05, 3.63) is 83.0 Å². The van der Waals surface area contributed by atoms with Crippen LogP contribution in [0.5, 0.6) is 23.0 Å². The maximum absolute atomic E-state index is 13.9. The maximum atomic E-state index is 13.9. The second-order valence-corrected chi connectivity index (χ2v) is 11.9. The topological polar surface area (TPSA) is 93.1 Å². The van der Waals surface area contributed by atoms with Crippen LogP contribution in [0.2, 0.25) is 0 Å². The first kappa shape index (κ1) is 30.9. The van der Waals surface area contributed by atoms with Crippen LogP contribution in [0.4, 0.5) is 0 Å². The Hall–Kier alpha value is -4.06. The average Bonchev–Trinajstić information content (AvgIpc) is 2.95. The molecule has 0 amide bonds. The minimum absolute atomic E-state index is 0.0140. The summed E-state index contributed by atoms with van der Waals surface area (Å²) in [5.74, 6) is 0.489. The Balaban J connectivity index is 1.70. The number of carbonyl (C=O) groups excluding carboxylic acids is 2. The van der Waals surface area contributed by atoms with Gasteiger partial charge in [-0.1, -0.05) is 54.5 Å². The fourth-order valence-electron chi connectivity index (χ4n) is 6.71. The zero-order valence-electron chi connectivity index (χ0n) is 25.3. The van der Waals surface area contributed by atoms with E-state index in [2.05, 4.69) is 39.8 Å². The van der Waals surface area contributed by atoms with Gasteiger partial charge >= 0.3 is 0 Å². The van der Waals surface area contributed by atoms with Crippen LogP contribution >= 0.6 is 0 Å². The molecule has 2 bridgehead atoms. The van der Waals surface area contributed by atoms with Crippen LogP contribution in [0, 0.1) is 35.5 Å². The number of phenolic OH excluding ortho intramolecular Hbond substituents is 2. The lowest BCUT2D eigenvalue weighted by molar-refractivity contribution is -0.130. The number of hydrogen-bond donors (Lipinski definition) is 2. The number of ketones is 2. The molecule has 6 nitrogen and oxygen atoms in total. The van der Waals surface area contributed by atoms with Crippen molar-refractivity contribution in [1.29, 1.82) is 0 Å². The standard InChI is InChI=1S/C36H42O6/c1-21(2)15-26-16-22(3)28-20-27(26)23(4)17-29(28)36(32(39)13-9-24-7-11-30(37)34(18-24)41-5)33(40)14-10-25-8-12-31(38)35(19-25)42-6/h7-15,17-19,22,26-29,36-38H,16,20H2,1-6H3/t22-,26+,27+,28+,29-,36?/m0/s1. The normalized spacial score (nSPS) is 24.2. The minimum Gasteiger partial charge on any atom is -0.504 e. The lowest BCUT2D eigenvalue weighted by atomic mass is 9.56. The van der Waals surface area contributed by atoms with Gasteiger partial charge in [-0.05, 0) is 111 Å². The van der Waals surface area contributed by atoms with Crippen LogP contribution in [-0.4, -0.2) is 36.0 Å². The summed E-state index contributed by atoms with van der Waals surface area (Å²) < 4.78 is 10.4. The monoisotopic (exact) mass is 570 g/mol. The highest BCUT2D eigenvalue weighted by molar-refractivity contribution is 6.14. The molecule has 1 fully saturated rings. The van der Waals surface area contributed by atoms with Crippen LogP contribution in [0.3, 0.4) is 0 Å². The van der Waals surface area contributed by atoms with Gasteiger partial charge < -0.3 is 19.7 Å². The van der Waals surface area contributed by atoms with E-state index in [9.17, 15) is 19.8 Å². The van der Waals surface area contributed by atoms with Gasteiger partial charge in [-0.25, -0.2) is 0 Å². The van der Waals surface area contributed by atoms with Crippen molar-refractivity contribution < 1.29 is 29.3 Å². The van der Waals surface area contributed by atoms with Gasteiger partial charge in [0, 0.05) is 0 Å². The van der Waals surface area contributed by atoms with Crippen molar-refractivity contribution in [2.75, 3.05) is 14.2 Å². The highest BCUT2D eigenvalue weighted by atomic mass is 16.5. The summed E-state index contributed by atoms with van der Waals surface area (Å²) in [5, 5.41) is 19.9. The summed E-state index contributed by atoms with van der Waals surface area (Å²) in [6.07, 6.45) is 12.8. The fourth-order valence-corrected chi connectivity index (χ4v) is 6.71. The molecule has 2 aliphatic rings. The van der Waals surface area contributed by atoms with Gasteiger partial charge in [0.05, 0.1) is 20.1 Å². The minimum atomic E-state index is -0.876. The van der Waals surface area contributed by atoms with Crippen LogP contribution in [0.25, 0.3) is 12.2 Å². The molecule has 2 aromatic carbocycles. The van der Waals surface area contributed by atoms with Gasteiger partial charge in [0.25, 0.3) is 0 Å². The number of phenols is 2. The number of hydrogen-bond acceptors (Lipinski definition) is 6. The predicted octanol–water partition coefficient (Wildman–Crippen LogP) is 7.42. The van der Waals surface area contributed by atoms with Crippen molar-refractivity contribution in [2.45, 2.75) is 40.5 Å². The molecule has 0 spiro atoms. The third-order valence-electron chi connectivity index (χ3n) is 8.79. The lowest BCUT2D eigenvalue weighted by Crippen LogP contribution is -2.43. The second-order valence-electron chi connectivity index (χ2n) is 11.9. The first-order valence-corrected chi connectivity index (χ1v) is 14.5. The number of ether oxygens (including phenoxy) is 2. The number of aromatic hydroxyl groups is 2. The number of fused-ring (bicyclic) bond motifs is 2. The summed E-state index contributed by atoms with van der Waals surface area (Å²) in [7, 11) is 2.94. The third kappa shape index (κ3) is 6.87. The lowest BCUT2D eigenvalue weighted by Gasteiger charge is -2.47. The molecule has 4 rings (SSSR count). The molecule has 6 heteroatoms. The number of benzene rings is 2. The van der Waals surface area contributed by atoms with Crippen LogP contribution < -0.4 is 9.47 Å². The molecule has 0 aliphatic heterocycles. The number of rotatable bonds is 10. The van der Waals surface area contributed by atoms with Crippen molar-refractivity contribution in [3.63, 3.8) is 0 Å². The van der Waals surface area contributed by atoms with E-state index >= 15 is 0 Å². The molecule has 0 heterocycles. The number of carbonyl (C=O) groups is 2. The van der Waals surface area contributed by atoms with Crippen molar-refractivity contribution in [1.82, 2.24) is 0 Å². The Morgan fingerprint density at radius 2 is 1.40 bits per heavy atom. The molecule has 222 valence electrons. The maximum Gasteiger partial charge on any atom is 0.167 e. The molecule has 2 aromatic rings. The molecule has 2 aliphatic carbocycles. The summed E-state index contributed by atoms with van der Waals surface area (Å²) in [6, 6.07) is 9.71. The molecule has 1 saturated carbocycles. The molecule has 42 heavy (non-hydrogen) atoms. The van der Waals surface area contributed by atoms with Gasteiger partial charge in [0.1, 0.15) is 0 Å². The molecular weight excluding hydrogens is 528 g/mol. The van der Waals surface area contributed by atoms with Crippen molar-refractivity contribution in [3.8, 4) is 23.0 Å². The van der Waals surface area contributed by atoms with E-state index < -0.39 is 5.92 Å². The van der Waals surface area contributed by atoms with E-state index in [0.29, 0.717) is 40.4 Å². The summed E-state index contributed by atoms with van der Waals surface area (Å²) in [4.78, 5) is 27.8. The Labute approximate surface area is 249 Å². The second kappa shape index (κ2) is 13.3. The van der Waals surface area contributed by atoms with Gasteiger partial charge in [-0.2, -0.15) is 0 Å². The molecule has 0 aromatic heterocycles. The first-order chi connectivity index (χ1) is 20.0. The zero-order valence-corrected chi connectivity index (χ0v) is 25.3. The first-order valence-electron chi connectivity index (χ1n) is 14.5. The largest absolute Gasteiger partial charge is 0.504 e. The van der Waals surface area contributed by atoms with Gasteiger partial charge in [-0.3, -0.25) is 9.59 Å². The Morgan fingerprint density at radius 3 is 1.88 bits per heavy atom. The summed E-state index contributed by atoms with van der Waals surface area (Å²) >= 11 is 0. The third-order valence-corrected chi connectivity index (χ3v) is 8.79. The Morgan fingerprint density at radius 1 is 0.881 bits per heavy atom. The van der Waals surface area contributed by atoms with E-state index in [4.69, 9.17) is 9.47 Å². The highest BCUT2D eigenvalue weighted by Crippen LogP contribution is 2.51. The molecule has 0 unspecified atom stereocenters. The quantitative estimate of drug-likeness (QED) is 0.175. The van der Waals surface area contributed by atoms with Gasteiger partial charge in [-0.15, -0.1) is 0 Å². The van der Waals surface area contributed by atoms with Gasteiger partial charge in [0.15, 0.2) is 34.6 Å². The number of allylic oxidation sites excluding steroid dienone is 6. The van der Waals surface area contributed by atoms with Crippen LogP contribution in [-0.2, 0) is 9.59 Å². The number of methoxy groups -OCH3 is 2. The van der Waals surface area contributed by atoms with E-state index in [1.807, 2.05) is 0 Å².